The molecule has 33 heavy (non-hydrogen) atoms. The Morgan fingerprint density at radius 1 is 0.879 bits per heavy atom. The SMILES string of the molecule is CC[N+](CC)(Cc1ccccc1)CC(O)Nc1c(C)cccc1C.O=C([O-])c1ccccc1. The summed E-state index contributed by atoms with van der Waals surface area (Å²) >= 11 is 0. The van der Waals surface area contributed by atoms with E-state index in [0.29, 0.717) is 6.54 Å². The molecule has 0 radical (unpaired) electrons. The highest BCUT2D eigenvalue weighted by molar-refractivity contribution is 5.85. The second kappa shape index (κ2) is 12.8. The van der Waals surface area contributed by atoms with Crippen molar-refractivity contribution in [1.29, 1.82) is 0 Å². The van der Waals surface area contributed by atoms with Gasteiger partial charge in [0.05, 0.1) is 19.1 Å². The number of carbonyl (C=O) groups is 1. The van der Waals surface area contributed by atoms with Gasteiger partial charge in [-0.15, -0.1) is 0 Å². The van der Waals surface area contributed by atoms with Gasteiger partial charge in [0, 0.05) is 11.3 Å². The number of aliphatic hydroxyl groups excluding tert-OH is 1. The number of rotatable bonds is 9. The molecule has 0 bridgehead atoms. The molecule has 0 aliphatic rings. The number of nitrogens with one attached hydrogen (secondary N) is 1. The lowest BCUT2D eigenvalue weighted by atomic mass is 10.1. The fourth-order valence-corrected chi connectivity index (χ4v) is 3.94. The van der Waals surface area contributed by atoms with Crippen molar-refractivity contribution in [3.05, 3.63) is 101 Å². The number of carbonyl (C=O) groups excluding carboxylic acids is 1. The summed E-state index contributed by atoms with van der Waals surface area (Å²) < 4.78 is 0.864. The number of aryl methyl sites for hydroxylation is 2. The molecule has 5 nitrogen and oxygen atoms in total. The Hall–Kier alpha value is -3.15. The average molecular weight is 449 g/mol. The first-order valence-corrected chi connectivity index (χ1v) is 11.5. The summed E-state index contributed by atoms with van der Waals surface area (Å²) in [6.45, 7) is 12.2. The highest BCUT2D eigenvalue weighted by Crippen LogP contribution is 2.22. The van der Waals surface area contributed by atoms with Gasteiger partial charge in [-0.1, -0.05) is 78.9 Å². The molecule has 0 spiro atoms. The zero-order chi connectivity index (χ0) is 24.3. The summed E-state index contributed by atoms with van der Waals surface area (Å²) in [5.41, 5.74) is 4.93. The van der Waals surface area contributed by atoms with Crippen LogP contribution in [0.3, 0.4) is 0 Å². The molecular formula is C28H36N2O3. The van der Waals surface area contributed by atoms with E-state index >= 15 is 0 Å². The monoisotopic (exact) mass is 448 g/mol. The molecule has 0 aromatic heterocycles. The summed E-state index contributed by atoms with van der Waals surface area (Å²) in [6, 6.07) is 24.8. The highest BCUT2D eigenvalue weighted by atomic mass is 16.4. The molecule has 0 saturated heterocycles. The molecule has 5 heteroatoms. The first-order valence-electron chi connectivity index (χ1n) is 11.5. The number of carboxylic acids is 1. The van der Waals surface area contributed by atoms with Crippen molar-refractivity contribution in [2.45, 2.75) is 40.5 Å². The second-order valence-corrected chi connectivity index (χ2v) is 8.38. The molecule has 0 aliphatic carbocycles. The summed E-state index contributed by atoms with van der Waals surface area (Å²) in [6.07, 6.45) is -0.562. The van der Waals surface area contributed by atoms with Crippen LogP contribution in [0.2, 0.25) is 0 Å². The number of aliphatic hydroxyl groups is 1. The molecule has 1 atom stereocenters. The maximum Gasteiger partial charge on any atom is 0.174 e. The molecule has 0 saturated carbocycles. The van der Waals surface area contributed by atoms with Crippen LogP contribution in [0, 0.1) is 13.8 Å². The molecule has 3 rings (SSSR count). The smallest absolute Gasteiger partial charge is 0.174 e. The Morgan fingerprint density at radius 2 is 1.39 bits per heavy atom. The third-order valence-electron chi connectivity index (χ3n) is 6.06. The fraction of sp³-hybridized carbons (Fsp3) is 0.321. The molecular weight excluding hydrogens is 412 g/mol. The van der Waals surface area contributed by atoms with Gasteiger partial charge >= 0.3 is 0 Å². The number of quaternary nitrogens is 1. The topological polar surface area (TPSA) is 72.4 Å². The van der Waals surface area contributed by atoms with Crippen LogP contribution in [-0.2, 0) is 6.54 Å². The Balaban J connectivity index is 0.000000357. The molecule has 2 N–H and O–H groups in total. The van der Waals surface area contributed by atoms with Crippen LogP contribution in [0.25, 0.3) is 0 Å². The van der Waals surface area contributed by atoms with Gasteiger partial charge in [0.1, 0.15) is 13.1 Å². The molecule has 0 aliphatic heterocycles. The second-order valence-electron chi connectivity index (χ2n) is 8.38. The van der Waals surface area contributed by atoms with Gasteiger partial charge in [0.2, 0.25) is 0 Å². The number of carboxylic acid groups (broad SMARTS) is 1. The van der Waals surface area contributed by atoms with Gasteiger partial charge in [-0.2, -0.15) is 0 Å². The summed E-state index contributed by atoms with van der Waals surface area (Å²) in [5, 5.41) is 24.1. The normalized spacial score (nSPS) is 11.8. The number of aromatic carboxylic acids is 1. The van der Waals surface area contributed by atoms with Crippen LogP contribution in [0.4, 0.5) is 5.69 Å². The molecule has 3 aromatic carbocycles. The zero-order valence-corrected chi connectivity index (χ0v) is 20.1. The fourth-order valence-electron chi connectivity index (χ4n) is 3.94. The Morgan fingerprint density at radius 3 is 1.85 bits per heavy atom. The van der Waals surface area contributed by atoms with Crippen molar-refractivity contribution in [2.75, 3.05) is 25.0 Å². The summed E-state index contributed by atoms with van der Waals surface area (Å²) in [5.74, 6) is -1.13. The van der Waals surface area contributed by atoms with Crippen LogP contribution in [0.1, 0.15) is 40.9 Å². The van der Waals surface area contributed by atoms with Crippen molar-refractivity contribution >= 4 is 11.7 Å². The minimum Gasteiger partial charge on any atom is -0.545 e. The molecule has 1 unspecified atom stereocenters. The Bertz CT molecular complexity index is 966. The van der Waals surface area contributed by atoms with Gasteiger partial charge in [0.15, 0.2) is 6.23 Å². The zero-order valence-electron chi connectivity index (χ0n) is 20.1. The van der Waals surface area contributed by atoms with E-state index in [2.05, 4.69) is 75.5 Å². The van der Waals surface area contributed by atoms with E-state index in [-0.39, 0.29) is 5.56 Å². The first-order chi connectivity index (χ1) is 15.8. The number of hydrogen-bond donors (Lipinski definition) is 2. The number of likely N-dealkylation sites (N-methyl/N-ethyl adjacent to an activating group) is 1. The van der Waals surface area contributed by atoms with Gasteiger partial charge in [0.25, 0.3) is 0 Å². The lowest BCUT2D eigenvalue weighted by molar-refractivity contribution is -0.940. The number of nitrogens with zero attached hydrogens (tertiary/aromatic N) is 1. The molecule has 3 aromatic rings. The molecule has 0 heterocycles. The van der Waals surface area contributed by atoms with Gasteiger partial charge in [-0.25, -0.2) is 0 Å². The van der Waals surface area contributed by atoms with Crippen LogP contribution >= 0.6 is 0 Å². The maximum absolute atomic E-state index is 10.7. The van der Waals surface area contributed by atoms with E-state index in [1.807, 2.05) is 6.07 Å². The Labute approximate surface area is 197 Å². The van der Waals surface area contributed by atoms with E-state index in [1.165, 1.54) is 28.8 Å². The number of anilines is 1. The quantitative estimate of drug-likeness (QED) is 0.381. The minimum absolute atomic E-state index is 0.220. The maximum atomic E-state index is 10.7. The van der Waals surface area contributed by atoms with Crippen molar-refractivity contribution in [3.63, 3.8) is 0 Å². The summed E-state index contributed by atoms with van der Waals surface area (Å²) in [7, 11) is 0. The van der Waals surface area contributed by atoms with Crippen molar-refractivity contribution in [1.82, 2.24) is 0 Å². The number of hydrogen-bond acceptors (Lipinski definition) is 4. The summed E-state index contributed by atoms with van der Waals surface area (Å²) in [4.78, 5) is 10.1. The predicted octanol–water partition coefficient (Wildman–Crippen LogP) is 4.14. The van der Waals surface area contributed by atoms with E-state index in [0.717, 1.165) is 29.8 Å². The molecule has 176 valence electrons. The third-order valence-corrected chi connectivity index (χ3v) is 6.06. The number of benzene rings is 3. The average Bonchev–Trinajstić information content (AvgIpc) is 2.82. The first kappa shape index (κ1) is 26.1. The predicted molar refractivity (Wildman–Crippen MR) is 133 cm³/mol. The molecule has 0 fully saturated rings. The van der Waals surface area contributed by atoms with Crippen molar-refractivity contribution < 1.29 is 19.5 Å². The van der Waals surface area contributed by atoms with Gasteiger partial charge in [-0.05, 0) is 44.4 Å². The highest BCUT2D eigenvalue weighted by Gasteiger charge is 2.27. The lowest BCUT2D eigenvalue weighted by Crippen LogP contribution is -2.52. The van der Waals surface area contributed by atoms with Crippen LogP contribution in [0.5, 0.6) is 0 Å². The van der Waals surface area contributed by atoms with Crippen molar-refractivity contribution in [2.24, 2.45) is 0 Å². The van der Waals surface area contributed by atoms with Gasteiger partial charge in [-0.3, -0.25) is 0 Å². The standard InChI is InChI=1S/C21H31N2O.C7H6O2/c1-5-23(6-2,15-19-13-8-7-9-14-19)16-20(24)22-21-17(3)11-10-12-18(21)4;8-7(9)6-4-2-1-3-5-6/h7-14,20,22,24H,5-6,15-16H2,1-4H3;1-5H,(H,8,9)/q+1;/p-1. The van der Waals surface area contributed by atoms with E-state index in [4.69, 9.17) is 0 Å². The van der Waals surface area contributed by atoms with E-state index < -0.39 is 12.2 Å². The van der Waals surface area contributed by atoms with Crippen LogP contribution < -0.4 is 10.4 Å². The van der Waals surface area contributed by atoms with Gasteiger partial charge < -0.3 is 24.8 Å². The number of para-hydroxylation sites is 1. The molecule has 0 amide bonds. The minimum atomic E-state index is -1.13. The van der Waals surface area contributed by atoms with Crippen LogP contribution in [0.15, 0.2) is 78.9 Å². The van der Waals surface area contributed by atoms with E-state index in [1.54, 1.807) is 18.2 Å². The van der Waals surface area contributed by atoms with E-state index in [9.17, 15) is 15.0 Å². The Kier molecular flexibility index (Phi) is 10.1. The van der Waals surface area contributed by atoms with Crippen molar-refractivity contribution in [3.8, 4) is 0 Å². The largest absolute Gasteiger partial charge is 0.545 e. The van der Waals surface area contributed by atoms with Crippen LogP contribution in [-0.4, -0.2) is 41.4 Å². The lowest BCUT2D eigenvalue weighted by Gasteiger charge is -2.39. The third kappa shape index (κ3) is 8.04.